The standard InChI is InChI=1S/C10H18N2.C2H6/c1-9(3-6-11)10-4-7-12(2)8-5-10;1-2/h3,6,10-11H,4-5,7-8H2,1-2H3;1-2H3/b9-3+,11-6?;. The highest BCUT2D eigenvalue weighted by Crippen LogP contribution is 2.22. The molecule has 0 saturated carbocycles. The molecule has 1 heterocycles. The van der Waals surface area contributed by atoms with Gasteiger partial charge in [-0.25, -0.2) is 0 Å². The van der Waals surface area contributed by atoms with E-state index in [4.69, 9.17) is 5.41 Å². The van der Waals surface area contributed by atoms with Crippen molar-refractivity contribution in [3.8, 4) is 0 Å². The summed E-state index contributed by atoms with van der Waals surface area (Å²) in [5.74, 6) is 0.725. The van der Waals surface area contributed by atoms with Crippen LogP contribution in [0.1, 0.15) is 33.6 Å². The summed E-state index contributed by atoms with van der Waals surface area (Å²) in [5, 5.41) is 6.98. The van der Waals surface area contributed by atoms with Crippen molar-refractivity contribution in [3.05, 3.63) is 11.6 Å². The molecule has 0 unspecified atom stereocenters. The lowest BCUT2D eigenvalue weighted by atomic mass is 9.90. The topological polar surface area (TPSA) is 27.1 Å². The Morgan fingerprint density at radius 1 is 1.29 bits per heavy atom. The van der Waals surface area contributed by atoms with Gasteiger partial charge in [0.25, 0.3) is 0 Å². The molecule has 1 rings (SSSR count). The van der Waals surface area contributed by atoms with Crippen LogP contribution in [0, 0.1) is 11.3 Å². The third kappa shape index (κ3) is 4.56. The Kier molecular flexibility index (Phi) is 7.40. The van der Waals surface area contributed by atoms with Crippen molar-refractivity contribution in [3.63, 3.8) is 0 Å². The molecule has 0 aromatic rings. The van der Waals surface area contributed by atoms with Crippen LogP contribution in [0.25, 0.3) is 0 Å². The molecule has 14 heavy (non-hydrogen) atoms. The van der Waals surface area contributed by atoms with Crippen molar-refractivity contribution in [2.45, 2.75) is 33.6 Å². The van der Waals surface area contributed by atoms with Gasteiger partial charge in [-0.15, -0.1) is 0 Å². The van der Waals surface area contributed by atoms with Gasteiger partial charge in [-0.05, 0) is 51.9 Å². The predicted octanol–water partition coefficient (Wildman–Crippen LogP) is 2.95. The lowest BCUT2D eigenvalue weighted by Crippen LogP contribution is -2.30. The fourth-order valence-corrected chi connectivity index (χ4v) is 1.73. The van der Waals surface area contributed by atoms with Gasteiger partial charge in [-0.1, -0.05) is 19.4 Å². The van der Waals surface area contributed by atoms with Crippen molar-refractivity contribution >= 4 is 6.21 Å². The Morgan fingerprint density at radius 3 is 2.21 bits per heavy atom. The molecule has 0 aromatic heterocycles. The quantitative estimate of drug-likeness (QED) is 0.675. The highest BCUT2D eigenvalue weighted by molar-refractivity contribution is 5.68. The van der Waals surface area contributed by atoms with Gasteiger partial charge in [-0.3, -0.25) is 0 Å². The van der Waals surface area contributed by atoms with Crippen LogP contribution in [0.2, 0.25) is 0 Å². The van der Waals surface area contributed by atoms with Gasteiger partial charge in [0, 0.05) is 6.21 Å². The first kappa shape index (κ1) is 13.4. The van der Waals surface area contributed by atoms with Gasteiger partial charge in [-0.2, -0.15) is 0 Å². The number of piperidine rings is 1. The number of allylic oxidation sites excluding steroid dienone is 2. The van der Waals surface area contributed by atoms with Gasteiger partial charge in [0.15, 0.2) is 0 Å². The van der Waals surface area contributed by atoms with Gasteiger partial charge in [0.05, 0.1) is 0 Å². The molecule has 82 valence electrons. The van der Waals surface area contributed by atoms with Gasteiger partial charge < -0.3 is 10.3 Å². The SMILES string of the molecule is C/C(=C\C=N)C1CCN(C)CC1.CC. The second-order valence-corrected chi connectivity index (χ2v) is 3.65. The van der Waals surface area contributed by atoms with Crippen molar-refractivity contribution in [1.82, 2.24) is 4.90 Å². The number of nitrogens with zero attached hydrogens (tertiary/aromatic N) is 1. The van der Waals surface area contributed by atoms with E-state index in [0.29, 0.717) is 0 Å². The smallest absolute Gasteiger partial charge is 0.0177 e. The lowest BCUT2D eigenvalue weighted by Gasteiger charge is -2.29. The summed E-state index contributed by atoms with van der Waals surface area (Å²) in [4.78, 5) is 2.37. The second-order valence-electron chi connectivity index (χ2n) is 3.65. The zero-order chi connectivity index (χ0) is 11.0. The molecule has 0 amide bonds. The molecule has 1 N–H and O–H groups in total. The molecule has 0 radical (unpaired) electrons. The number of likely N-dealkylation sites (tertiary alicyclic amines) is 1. The van der Waals surface area contributed by atoms with E-state index >= 15 is 0 Å². The molecule has 1 saturated heterocycles. The van der Waals surface area contributed by atoms with Crippen LogP contribution in [0.5, 0.6) is 0 Å². The van der Waals surface area contributed by atoms with E-state index in [9.17, 15) is 0 Å². The minimum Gasteiger partial charge on any atom is -0.309 e. The van der Waals surface area contributed by atoms with Crippen molar-refractivity contribution in [1.29, 1.82) is 5.41 Å². The summed E-state index contributed by atoms with van der Waals surface area (Å²) in [5.41, 5.74) is 1.37. The molecule has 1 aliphatic heterocycles. The molecule has 0 aromatic carbocycles. The Hall–Kier alpha value is -0.630. The summed E-state index contributed by atoms with van der Waals surface area (Å²) in [6.45, 7) is 8.54. The largest absolute Gasteiger partial charge is 0.309 e. The molecule has 0 spiro atoms. The normalized spacial score (nSPS) is 19.9. The summed E-state index contributed by atoms with van der Waals surface area (Å²) in [7, 11) is 2.17. The second kappa shape index (κ2) is 7.74. The van der Waals surface area contributed by atoms with Crippen LogP contribution in [-0.2, 0) is 0 Å². The zero-order valence-electron chi connectivity index (χ0n) is 10.0. The number of rotatable bonds is 2. The molecule has 0 aliphatic carbocycles. The lowest BCUT2D eigenvalue weighted by molar-refractivity contribution is 0.238. The highest BCUT2D eigenvalue weighted by Gasteiger charge is 2.17. The molecule has 0 atom stereocenters. The summed E-state index contributed by atoms with van der Waals surface area (Å²) in [6.07, 6.45) is 5.84. The van der Waals surface area contributed by atoms with E-state index in [-0.39, 0.29) is 0 Å². The molecule has 1 aliphatic rings. The Balaban J connectivity index is 0.000000791. The Labute approximate surface area is 88.5 Å². The first-order valence-electron chi connectivity index (χ1n) is 5.60. The van der Waals surface area contributed by atoms with Crippen molar-refractivity contribution in [2.24, 2.45) is 5.92 Å². The fourth-order valence-electron chi connectivity index (χ4n) is 1.73. The Bertz CT molecular complexity index is 177. The van der Waals surface area contributed by atoms with Crippen LogP contribution in [0.3, 0.4) is 0 Å². The summed E-state index contributed by atoms with van der Waals surface area (Å²) < 4.78 is 0. The van der Waals surface area contributed by atoms with E-state index < -0.39 is 0 Å². The van der Waals surface area contributed by atoms with Crippen molar-refractivity contribution < 1.29 is 0 Å². The molecule has 1 fully saturated rings. The van der Waals surface area contributed by atoms with Crippen LogP contribution < -0.4 is 0 Å². The zero-order valence-corrected chi connectivity index (χ0v) is 10.0. The summed E-state index contributed by atoms with van der Waals surface area (Å²) >= 11 is 0. The average molecular weight is 196 g/mol. The number of hydrogen-bond donors (Lipinski definition) is 1. The molecular formula is C12H24N2. The Morgan fingerprint density at radius 2 is 1.79 bits per heavy atom. The predicted molar refractivity (Wildman–Crippen MR) is 64.1 cm³/mol. The van der Waals surface area contributed by atoms with E-state index in [1.165, 1.54) is 37.7 Å². The maximum Gasteiger partial charge on any atom is 0.0177 e. The van der Waals surface area contributed by atoms with Crippen molar-refractivity contribution in [2.75, 3.05) is 20.1 Å². The van der Waals surface area contributed by atoms with E-state index in [2.05, 4.69) is 18.9 Å². The highest BCUT2D eigenvalue weighted by atomic mass is 15.1. The van der Waals surface area contributed by atoms with Gasteiger partial charge >= 0.3 is 0 Å². The monoisotopic (exact) mass is 196 g/mol. The molecular weight excluding hydrogens is 172 g/mol. The minimum atomic E-state index is 0.725. The minimum absolute atomic E-state index is 0.725. The van der Waals surface area contributed by atoms with Gasteiger partial charge in [0.2, 0.25) is 0 Å². The van der Waals surface area contributed by atoms with Gasteiger partial charge in [0.1, 0.15) is 0 Å². The maximum atomic E-state index is 6.98. The van der Waals surface area contributed by atoms with Crippen LogP contribution in [-0.4, -0.2) is 31.3 Å². The maximum absolute atomic E-state index is 6.98. The summed E-state index contributed by atoms with van der Waals surface area (Å²) in [6, 6.07) is 0. The number of nitrogens with one attached hydrogen (secondary N) is 1. The first-order valence-corrected chi connectivity index (χ1v) is 5.60. The van der Waals surface area contributed by atoms with Crippen LogP contribution in [0.4, 0.5) is 0 Å². The molecule has 2 heteroatoms. The third-order valence-corrected chi connectivity index (χ3v) is 2.71. The molecule has 2 nitrogen and oxygen atoms in total. The fraction of sp³-hybridized carbons (Fsp3) is 0.750. The first-order chi connectivity index (χ1) is 6.74. The van der Waals surface area contributed by atoms with Crippen LogP contribution >= 0.6 is 0 Å². The van der Waals surface area contributed by atoms with E-state index in [0.717, 1.165) is 5.92 Å². The van der Waals surface area contributed by atoms with Crippen LogP contribution in [0.15, 0.2) is 11.6 Å². The number of hydrogen-bond acceptors (Lipinski definition) is 2. The average Bonchev–Trinajstić information content (AvgIpc) is 2.22. The molecule has 0 bridgehead atoms. The third-order valence-electron chi connectivity index (χ3n) is 2.71. The van der Waals surface area contributed by atoms with E-state index in [1.807, 2.05) is 19.9 Å². The van der Waals surface area contributed by atoms with E-state index in [1.54, 1.807) is 0 Å².